The van der Waals surface area contributed by atoms with E-state index in [1.807, 2.05) is 78.9 Å². The van der Waals surface area contributed by atoms with Crippen LogP contribution in [0.5, 0.6) is 0 Å². The van der Waals surface area contributed by atoms with E-state index in [2.05, 4.69) is 16.6 Å². The molecule has 0 saturated heterocycles. The smallest absolute Gasteiger partial charge is 0.211 e. The lowest BCUT2D eigenvalue weighted by atomic mass is 10.4. The van der Waals surface area contributed by atoms with Gasteiger partial charge in [0.25, 0.3) is 0 Å². The van der Waals surface area contributed by atoms with Crippen LogP contribution in [0.1, 0.15) is 5.69 Å². The molecule has 22 heavy (non-hydrogen) atoms. The maximum atomic E-state index is 13.6. The third-order valence-electron chi connectivity index (χ3n) is 3.25. The molecule has 3 heteroatoms. The van der Waals surface area contributed by atoms with E-state index in [-0.39, 0.29) is 0 Å². The molecule has 0 aliphatic rings. The van der Waals surface area contributed by atoms with Gasteiger partial charge in [0.15, 0.2) is 0 Å². The van der Waals surface area contributed by atoms with E-state index in [4.69, 9.17) is 0 Å². The molecule has 1 aromatic heterocycles. The average molecular weight is 303 g/mol. The number of pyridine rings is 1. The second-order valence-corrected chi connectivity index (χ2v) is 7.21. The van der Waals surface area contributed by atoms with E-state index in [1.54, 1.807) is 6.20 Å². The van der Waals surface area contributed by atoms with Crippen LogP contribution in [-0.2, 0) is 4.57 Å². The van der Waals surface area contributed by atoms with Gasteiger partial charge >= 0.3 is 0 Å². The monoisotopic (exact) mass is 303 g/mol. The highest BCUT2D eigenvalue weighted by atomic mass is 31.2. The second kappa shape index (κ2) is 6.43. The first kappa shape index (κ1) is 14.3. The normalized spacial score (nSPS) is 10.5. The van der Waals surface area contributed by atoms with Gasteiger partial charge in [-0.2, -0.15) is 0 Å². The molecular weight excluding hydrogens is 289 g/mol. The highest BCUT2D eigenvalue weighted by Gasteiger charge is 2.24. The lowest BCUT2D eigenvalue weighted by molar-refractivity contribution is 0.593. The minimum Gasteiger partial charge on any atom is -0.300 e. The van der Waals surface area contributed by atoms with Gasteiger partial charge in [-0.25, -0.2) is 4.98 Å². The van der Waals surface area contributed by atoms with Crippen LogP contribution in [0.25, 0.3) is 0 Å². The van der Waals surface area contributed by atoms with Gasteiger partial charge in [0.05, 0.1) is 0 Å². The quantitative estimate of drug-likeness (QED) is 0.536. The summed E-state index contributed by atoms with van der Waals surface area (Å²) in [6.45, 7) is 0. The summed E-state index contributed by atoms with van der Waals surface area (Å²) in [5, 5.41) is 1.48. The topological polar surface area (TPSA) is 30.0 Å². The largest absolute Gasteiger partial charge is 0.300 e. The SMILES string of the molecule is O=P(C#Cc1ccccn1)(c1ccccc1)c1ccccc1. The molecule has 0 bridgehead atoms. The van der Waals surface area contributed by atoms with Gasteiger partial charge in [0.2, 0.25) is 7.14 Å². The zero-order chi connectivity index (χ0) is 15.3. The number of hydrogen-bond donors (Lipinski definition) is 0. The van der Waals surface area contributed by atoms with Gasteiger partial charge in [-0.3, -0.25) is 4.57 Å². The molecule has 0 amide bonds. The molecule has 3 aromatic rings. The number of aromatic nitrogens is 1. The molecule has 0 fully saturated rings. The van der Waals surface area contributed by atoms with Crippen LogP contribution in [0.4, 0.5) is 0 Å². The van der Waals surface area contributed by atoms with Crippen LogP contribution in [0.2, 0.25) is 0 Å². The van der Waals surface area contributed by atoms with Crippen molar-refractivity contribution >= 4 is 17.8 Å². The van der Waals surface area contributed by atoms with Crippen LogP contribution in [0.3, 0.4) is 0 Å². The first-order valence-electron chi connectivity index (χ1n) is 6.95. The minimum absolute atomic E-state index is 0.620. The van der Waals surface area contributed by atoms with Crippen LogP contribution >= 0.6 is 7.14 Å². The van der Waals surface area contributed by atoms with Crippen molar-refractivity contribution in [2.24, 2.45) is 0 Å². The maximum Gasteiger partial charge on any atom is 0.211 e. The van der Waals surface area contributed by atoms with Crippen LogP contribution in [0.15, 0.2) is 85.1 Å². The fraction of sp³-hybridized carbons (Fsp3) is 0. The minimum atomic E-state index is -2.99. The maximum absolute atomic E-state index is 13.6. The van der Waals surface area contributed by atoms with E-state index >= 15 is 0 Å². The molecule has 106 valence electrons. The molecule has 0 radical (unpaired) electrons. The van der Waals surface area contributed by atoms with Crippen molar-refractivity contribution < 1.29 is 4.57 Å². The van der Waals surface area contributed by atoms with Gasteiger partial charge in [-0.05, 0) is 23.7 Å². The van der Waals surface area contributed by atoms with Gasteiger partial charge in [-0.1, -0.05) is 66.7 Å². The summed E-state index contributed by atoms with van der Waals surface area (Å²) in [6, 6.07) is 24.3. The number of benzene rings is 2. The predicted octanol–water partition coefficient (Wildman–Crippen LogP) is 3.40. The van der Waals surface area contributed by atoms with E-state index in [1.165, 1.54) is 0 Å². The summed E-state index contributed by atoms with van der Waals surface area (Å²) in [7, 11) is -2.99. The molecule has 0 aliphatic heterocycles. The number of rotatable bonds is 2. The van der Waals surface area contributed by atoms with Crippen LogP contribution < -0.4 is 10.6 Å². The van der Waals surface area contributed by atoms with Crippen LogP contribution in [-0.4, -0.2) is 4.98 Å². The van der Waals surface area contributed by atoms with Crippen LogP contribution in [0, 0.1) is 11.6 Å². The second-order valence-electron chi connectivity index (χ2n) is 4.73. The Kier molecular flexibility index (Phi) is 4.19. The van der Waals surface area contributed by atoms with Gasteiger partial charge in [0.1, 0.15) is 5.69 Å². The van der Waals surface area contributed by atoms with Crippen molar-refractivity contribution in [1.29, 1.82) is 0 Å². The van der Waals surface area contributed by atoms with Gasteiger partial charge in [0, 0.05) is 16.8 Å². The Balaban J connectivity index is 2.13. The summed E-state index contributed by atoms with van der Waals surface area (Å²) < 4.78 is 13.6. The van der Waals surface area contributed by atoms with Crippen molar-refractivity contribution in [2.45, 2.75) is 0 Å². The van der Waals surface area contributed by atoms with Crippen molar-refractivity contribution in [3.8, 4) is 11.6 Å². The average Bonchev–Trinajstić information content (AvgIpc) is 2.62. The van der Waals surface area contributed by atoms with Crippen molar-refractivity contribution in [1.82, 2.24) is 4.98 Å². The summed E-state index contributed by atoms with van der Waals surface area (Å²) in [6.07, 6.45) is 1.68. The zero-order valence-electron chi connectivity index (χ0n) is 11.9. The summed E-state index contributed by atoms with van der Waals surface area (Å²) in [5.41, 5.74) is 3.61. The summed E-state index contributed by atoms with van der Waals surface area (Å²) in [4.78, 5) is 4.17. The molecule has 0 N–H and O–H groups in total. The molecule has 2 nitrogen and oxygen atoms in total. The van der Waals surface area contributed by atoms with Crippen molar-refractivity contribution in [2.75, 3.05) is 0 Å². The first-order valence-corrected chi connectivity index (χ1v) is 8.65. The third-order valence-corrected chi connectivity index (χ3v) is 5.72. The molecule has 0 saturated carbocycles. The summed E-state index contributed by atoms with van der Waals surface area (Å²) >= 11 is 0. The van der Waals surface area contributed by atoms with E-state index < -0.39 is 7.14 Å². The fourth-order valence-electron chi connectivity index (χ4n) is 2.13. The molecule has 2 aromatic carbocycles. The lowest BCUT2D eigenvalue weighted by Gasteiger charge is -2.12. The van der Waals surface area contributed by atoms with E-state index in [0.717, 1.165) is 10.6 Å². The molecule has 0 unspecified atom stereocenters. The van der Waals surface area contributed by atoms with Gasteiger partial charge < -0.3 is 0 Å². The number of hydrogen-bond acceptors (Lipinski definition) is 2. The highest BCUT2D eigenvalue weighted by molar-refractivity contribution is 7.83. The Morgan fingerprint density at radius 2 is 1.27 bits per heavy atom. The Morgan fingerprint density at radius 3 is 1.77 bits per heavy atom. The van der Waals surface area contributed by atoms with Crippen molar-refractivity contribution in [3.63, 3.8) is 0 Å². The number of nitrogens with zero attached hydrogens (tertiary/aromatic N) is 1. The van der Waals surface area contributed by atoms with Gasteiger partial charge in [-0.15, -0.1) is 0 Å². The molecule has 0 atom stereocenters. The lowest BCUT2D eigenvalue weighted by Crippen LogP contribution is -2.14. The molecule has 1 heterocycles. The van der Waals surface area contributed by atoms with E-state index in [0.29, 0.717) is 5.69 Å². The Hall–Kier alpha value is -2.62. The fourth-order valence-corrected chi connectivity index (χ4v) is 4.14. The Labute approximate surface area is 130 Å². The van der Waals surface area contributed by atoms with Crippen molar-refractivity contribution in [3.05, 3.63) is 90.8 Å². The predicted molar refractivity (Wildman–Crippen MR) is 90.9 cm³/mol. The Bertz CT molecular complexity index is 806. The molecule has 3 rings (SSSR count). The van der Waals surface area contributed by atoms with E-state index in [9.17, 15) is 4.57 Å². The standard InChI is InChI=1S/C19H14NOP/c21-22(18-10-3-1-4-11-18,19-12-5-2-6-13-19)16-14-17-9-7-8-15-20-17/h1-13,15H. The Morgan fingerprint density at radius 1 is 0.727 bits per heavy atom. The third kappa shape index (κ3) is 3.01. The molecule has 0 spiro atoms. The summed E-state index contributed by atoms with van der Waals surface area (Å²) in [5.74, 6) is 2.96. The first-order chi connectivity index (χ1) is 10.8. The molecule has 0 aliphatic carbocycles. The zero-order valence-corrected chi connectivity index (χ0v) is 12.8. The molecular formula is C19H14NOP. The highest BCUT2D eigenvalue weighted by Crippen LogP contribution is 2.41.